The Bertz CT molecular complexity index is 1160. The number of methoxy groups -OCH3 is 1. The fourth-order valence-corrected chi connectivity index (χ4v) is 4.71. The number of primary amides is 1. The van der Waals surface area contributed by atoms with Crippen molar-refractivity contribution in [2.75, 3.05) is 26.9 Å². The molecule has 2 aliphatic rings. The van der Waals surface area contributed by atoms with Gasteiger partial charge in [-0.25, -0.2) is 8.78 Å². The highest BCUT2D eigenvalue weighted by Crippen LogP contribution is 2.49. The van der Waals surface area contributed by atoms with E-state index in [4.69, 9.17) is 37.3 Å². The molecular weight excluding hydrogens is 466 g/mol. The Morgan fingerprint density at radius 3 is 2.68 bits per heavy atom. The summed E-state index contributed by atoms with van der Waals surface area (Å²) in [6.07, 6.45) is 0.0972. The number of amides is 1. The normalized spacial score (nSPS) is 23.7. The molecule has 1 aliphatic carbocycles. The third-order valence-corrected chi connectivity index (χ3v) is 6.49. The average molecular weight is 491 g/mol. The molecule has 9 heteroatoms. The average Bonchev–Trinajstić information content (AvgIpc) is 3.21. The minimum atomic E-state index is -1.84. The number of rotatable bonds is 8. The van der Waals surface area contributed by atoms with E-state index in [2.05, 4.69) is 0 Å². The molecule has 0 spiro atoms. The number of hydrogen-bond donors (Lipinski definition) is 2. The maximum absolute atomic E-state index is 15.9. The molecule has 6 nitrogen and oxygen atoms in total. The van der Waals surface area contributed by atoms with Gasteiger partial charge in [-0.05, 0) is 5.56 Å². The number of benzene rings is 2. The van der Waals surface area contributed by atoms with E-state index in [1.807, 2.05) is 30.3 Å². The monoisotopic (exact) mass is 490 g/mol. The third-order valence-electron chi connectivity index (χ3n) is 6.12. The van der Waals surface area contributed by atoms with Gasteiger partial charge in [0.1, 0.15) is 17.7 Å². The lowest BCUT2D eigenvalue weighted by atomic mass is 9.82. The quantitative estimate of drug-likeness (QED) is 0.552. The molecule has 0 radical (unpaired) electrons. The van der Waals surface area contributed by atoms with Gasteiger partial charge in [0.05, 0.1) is 18.2 Å². The van der Waals surface area contributed by atoms with Gasteiger partial charge in [-0.2, -0.15) is 0 Å². The lowest BCUT2D eigenvalue weighted by Gasteiger charge is -2.28. The van der Waals surface area contributed by atoms with Crippen molar-refractivity contribution in [3.63, 3.8) is 0 Å². The second-order valence-electron chi connectivity index (χ2n) is 8.15. The molecule has 4 rings (SSSR count). The molecule has 0 aromatic heterocycles. The summed E-state index contributed by atoms with van der Waals surface area (Å²) in [6.45, 7) is 0.445. The molecule has 1 amide bonds. The van der Waals surface area contributed by atoms with Crippen molar-refractivity contribution >= 4 is 23.1 Å². The maximum atomic E-state index is 15.9. The van der Waals surface area contributed by atoms with Gasteiger partial charge in [0.2, 0.25) is 5.91 Å². The van der Waals surface area contributed by atoms with E-state index in [0.717, 1.165) is 11.6 Å². The predicted molar refractivity (Wildman–Crippen MR) is 125 cm³/mol. The summed E-state index contributed by atoms with van der Waals surface area (Å²) in [5.74, 6) is -1.50. The number of alkyl halides is 1. The molecule has 2 unspecified atom stereocenters. The molecule has 180 valence electrons. The predicted octanol–water partition coefficient (Wildman–Crippen LogP) is 3.45. The number of carbonyl (C=O) groups excluding carboxylic acids is 1. The first-order valence-electron chi connectivity index (χ1n) is 10.8. The standard InChI is InChI=1S/C25H25ClF2N2O4/c1-32-9-10-33-18-8-7-15(24(30)31)21(23(18)28)20-16-12-25(13-29,14-5-3-2-4-6-14)34-19(16)11-17(27)22(20)26/h2-8,11,18,23H,9-10,12-13,29H2,1H3,(H2,30,31)/t18?,23?,25-/m1/s1. The third kappa shape index (κ3) is 4.22. The van der Waals surface area contributed by atoms with E-state index in [1.165, 1.54) is 19.3 Å². The van der Waals surface area contributed by atoms with Crippen molar-refractivity contribution in [1.82, 2.24) is 0 Å². The number of carbonyl (C=O) groups is 1. The Labute approximate surface area is 201 Å². The molecular formula is C25H25ClF2N2O4. The Balaban J connectivity index is 1.86. The van der Waals surface area contributed by atoms with Gasteiger partial charge in [-0.3, -0.25) is 4.79 Å². The topological polar surface area (TPSA) is 96.8 Å². The summed E-state index contributed by atoms with van der Waals surface area (Å²) in [6, 6.07) is 10.4. The number of nitrogens with two attached hydrogens (primary N) is 2. The number of hydrogen-bond acceptors (Lipinski definition) is 5. The minimum Gasteiger partial charge on any atom is -0.480 e. The van der Waals surface area contributed by atoms with Crippen molar-refractivity contribution in [3.8, 4) is 5.75 Å². The van der Waals surface area contributed by atoms with Crippen molar-refractivity contribution in [2.24, 2.45) is 11.5 Å². The lowest BCUT2D eigenvalue weighted by molar-refractivity contribution is -0.114. The summed E-state index contributed by atoms with van der Waals surface area (Å²) in [7, 11) is 1.50. The van der Waals surface area contributed by atoms with Crippen LogP contribution in [0.15, 0.2) is 54.1 Å². The molecule has 3 atom stereocenters. The largest absolute Gasteiger partial charge is 0.480 e. The van der Waals surface area contributed by atoms with Crippen LogP contribution in [0.5, 0.6) is 5.75 Å². The molecule has 0 saturated heterocycles. The summed E-state index contributed by atoms with van der Waals surface area (Å²) in [4.78, 5) is 12.2. The van der Waals surface area contributed by atoms with Crippen LogP contribution in [0.2, 0.25) is 5.02 Å². The summed E-state index contributed by atoms with van der Waals surface area (Å²) >= 11 is 6.40. The molecule has 1 heterocycles. The van der Waals surface area contributed by atoms with E-state index in [-0.39, 0.29) is 53.7 Å². The van der Waals surface area contributed by atoms with Crippen LogP contribution >= 0.6 is 11.6 Å². The van der Waals surface area contributed by atoms with E-state index < -0.39 is 29.6 Å². The number of ether oxygens (including phenoxy) is 3. The van der Waals surface area contributed by atoms with E-state index >= 15 is 4.39 Å². The van der Waals surface area contributed by atoms with Gasteiger partial charge >= 0.3 is 0 Å². The zero-order valence-corrected chi connectivity index (χ0v) is 19.3. The van der Waals surface area contributed by atoms with Crippen LogP contribution in [-0.4, -0.2) is 45.1 Å². The van der Waals surface area contributed by atoms with Crippen LogP contribution in [0.25, 0.3) is 5.57 Å². The molecule has 0 saturated carbocycles. The molecule has 2 aromatic carbocycles. The first-order valence-corrected chi connectivity index (χ1v) is 11.1. The molecule has 1 aliphatic heterocycles. The molecule has 34 heavy (non-hydrogen) atoms. The van der Waals surface area contributed by atoms with Crippen molar-refractivity contribution in [2.45, 2.75) is 24.3 Å². The summed E-state index contributed by atoms with van der Waals surface area (Å²) < 4.78 is 47.6. The first kappa shape index (κ1) is 24.3. The van der Waals surface area contributed by atoms with Crippen LogP contribution < -0.4 is 16.2 Å². The number of fused-ring (bicyclic) bond motifs is 1. The number of halogens is 3. The van der Waals surface area contributed by atoms with E-state index in [0.29, 0.717) is 5.56 Å². The van der Waals surface area contributed by atoms with Crippen molar-refractivity contribution < 1.29 is 27.8 Å². The van der Waals surface area contributed by atoms with Gasteiger partial charge in [0.25, 0.3) is 0 Å². The van der Waals surface area contributed by atoms with Crippen LogP contribution in [-0.2, 0) is 26.3 Å². The molecule has 2 aromatic rings. The Morgan fingerprint density at radius 1 is 1.29 bits per heavy atom. The summed E-state index contributed by atoms with van der Waals surface area (Å²) in [5, 5.41) is -0.328. The fraction of sp³-hybridized carbons (Fsp3) is 0.320. The first-order chi connectivity index (χ1) is 16.3. The lowest BCUT2D eigenvalue weighted by Crippen LogP contribution is -2.39. The van der Waals surface area contributed by atoms with Crippen LogP contribution in [0.1, 0.15) is 16.7 Å². The van der Waals surface area contributed by atoms with Gasteiger partial charge < -0.3 is 25.7 Å². The molecule has 4 N–H and O–H groups in total. The van der Waals surface area contributed by atoms with Crippen LogP contribution in [0, 0.1) is 5.82 Å². The summed E-state index contributed by atoms with van der Waals surface area (Å²) in [5.41, 5.74) is 11.7. The van der Waals surface area contributed by atoms with Gasteiger partial charge in [0.15, 0.2) is 11.8 Å². The highest BCUT2D eigenvalue weighted by atomic mass is 35.5. The van der Waals surface area contributed by atoms with E-state index in [1.54, 1.807) is 0 Å². The zero-order valence-electron chi connectivity index (χ0n) is 18.5. The SMILES string of the molecule is COCCOC1C=CC(C(N)=O)=C(c2c(Cl)c(F)cc3c2C[C@@](CN)(c2ccccc2)O3)C1F. The highest BCUT2D eigenvalue weighted by Gasteiger charge is 2.44. The van der Waals surface area contributed by atoms with Gasteiger partial charge in [0, 0.05) is 48.4 Å². The zero-order chi connectivity index (χ0) is 24.5. The highest BCUT2D eigenvalue weighted by molar-refractivity contribution is 6.33. The Kier molecular flexibility index (Phi) is 7.04. The Hall–Kier alpha value is -2.78. The molecule has 0 fully saturated rings. The van der Waals surface area contributed by atoms with Crippen molar-refractivity contribution in [3.05, 3.63) is 81.7 Å². The second kappa shape index (κ2) is 9.84. The maximum Gasteiger partial charge on any atom is 0.249 e. The van der Waals surface area contributed by atoms with Gasteiger partial charge in [-0.15, -0.1) is 0 Å². The van der Waals surface area contributed by atoms with E-state index in [9.17, 15) is 9.18 Å². The molecule has 0 bridgehead atoms. The smallest absolute Gasteiger partial charge is 0.249 e. The fourth-order valence-electron chi connectivity index (χ4n) is 4.44. The second-order valence-corrected chi connectivity index (χ2v) is 8.53. The minimum absolute atomic E-state index is 0.0360. The van der Waals surface area contributed by atoms with Crippen LogP contribution in [0.4, 0.5) is 8.78 Å². The van der Waals surface area contributed by atoms with Crippen LogP contribution in [0.3, 0.4) is 0 Å². The Morgan fingerprint density at radius 2 is 2.03 bits per heavy atom. The van der Waals surface area contributed by atoms with Gasteiger partial charge in [-0.1, -0.05) is 54.1 Å². The van der Waals surface area contributed by atoms with Crippen molar-refractivity contribution in [1.29, 1.82) is 0 Å².